The second-order valence-corrected chi connectivity index (χ2v) is 6.72. The molecule has 4 nitrogen and oxygen atoms in total. The van der Waals surface area contributed by atoms with E-state index in [0.717, 1.165) is 0 Å². The van der Waals surface area contributed by atoms with E-state index in [1.165, 1.54) is 0 Å². The van der Waals surface area contributed by atoms with Gasteiger partial charge in [0.2, 0.25) is 0 Å². The molecule has 0 heterocycles. The van der Waals surface area contributed by atoms with Crippen molar-refractivity contribution in [3.05, 3.63) is 11.5 Å². The Labute approximate surface area is 91.8 Å². The van der Waals surface area contributed by atoms with Crippen molar-refractivity contribution in [2.24, 2.45) is 0 Å². The molecule has 0 unspecified atom stereocenters. The van der Waals surface area contributed by atoms with Crippen molar-refractivity contribution in [1.82, 2.24) is 0 Å². The summed E-state index contributed by atoms with van der Waals surface area (Å²) < 4.78 is 113. The third-order valence-corrected chi connectivity index (χ3v) is 4.52. The Kier molecular flexibility index (Phi) is 3.96. The molecule has 0 aliphatic carbocycles. The Balaban J connectivity index is 5.33. The van der Waals surface area contributed by atoms with Crippen molar-refractivity contribution < 1.29 is 43.2 Å². The number of sulfone groups is 2. The lowest BCUT2D eigenvalue weighted by atomic mass is 10.7. The molecule has 0 N–H and O–H groups in total. The molecule has 0 rings (SSSR count). The number of rotatable bonds is 3. The van der Waals surface area contributed by atoms with Gasteiger partial charge in [0, 0.05) is 0 Å². The average molecular weight is 306 g/mol. The Bertz CT molecular complexity index is 508. The topological polar surface area (TPSA) is 68.3 Å². The predicted molar refractivity (Wildman–Crippen MR) is 44.0 cm³/mol. The summed E-state index contributed by atoms with van der Waals surface area (Å²) in [5, 5.41) is 0. The molecule has 0 fully saturated rings. The first kappa shape index (κ1) is 16.2. The van der Waals surface area contributed by atoms with Crippen molar-refractivity contribution in [3.8, 4) is 0 Å². The molecule has 102 valence electrons. The quantitative estimate of drug-likeness (QED) is 0.739. The fraction of sp³-hybridized carbons (Fsp3) is 0.600. The molecular weight excluding hydrogens is 302 g/mol. The van der Waals surface area contributed by atoms with Gasteiger partial charge in [-0.25, -0.2) is 16.8 Å². The number of hydrogen-bond acceptors (Lipinski definition) is 4. The minimum absolute atomic E-state index is 2.08. The van der Waals surface area contributed by atoms with E-state index in [9.17, 15) is 43.2 Å². The van der Waals surface area contributed by atoms with Gasteiger partial charge in [-0.3, -0.25) is 0 Å². The molecule has 0 amide bonds. The fourth-order valence-corrected chi connectivity index (χ4v) is 2.54. The molecule has 0 radical (unpaired) electrons. The van der Waals surface area contributed by atoms with Crippen LogP contribution in [0.1, 0.15) is 0 Å². The SMILES string of the molecule is C=C(CS(=O)(=O)C(F)(F)F)S(=O)(=O)C(F)(F)F. The highest BCUT2D eigenvalue weighted by molar-refractivity contribution is 7.98. The van der Waals surface area contributed by atoms with Gasteiger partial charge < -0.3 is 0 Å². The van der Waals surface area contributed by atoms with Crippen LogP contribution in [-0.4, -0.2) is 33.6 Å². The second-order valence-electron chi connectivity index (χ2n) is 2.69. The number of hydrogen-bond donors (Lipinski definition) is 0. The first-order valence-corrected chi connectivity index (χ1v) is 6.54. The Hall–Kier alpha value is -0.780. The van der Waals surface area contributed by atoms with E-state index in [0.29, 0.717) is 0 Å². The molecule has 0 spiro atoms. The van der Waals surface area contributed by atoms with Gasteiger partial charge in [0.1, 0.15) is 0 Å². The smallest absolute Gasteiger partial charge is 0.219 e. The van der Waals surface area contributed by atoms with Crippen molar-refractivity contribution >= 4 is 19.7 Å². The highest BCUT2D eigenvalue weighted by Gasteiger charge is 2.52. The van der Waals surface area contributed by atoms with Crippen LogP contribution in [0.3, 0.4) is 0 Å². The minimum Gasteiger partial charge on any atom is -0.219 e. The predicted octanol–water partition coefficient (Wildman–Crippen LogP) is 1.37. The summed E-state index contributed by atoms with van der Waals surface area (Å²) >= 11 is 0. The summed E-state index contributed by atoms with van der Waals surface area (Å²) in [4.78, 5) is -2.08. The van der Waals surface area contributed by atoms with Crippen LogP contribution in [0.25, 0.3) is 0 Å². The lowest BCUT2D eigenvalue weighted by molar-refractivity contribution is -0.0446. The van der Waals surface area contributed by atoms with Crippen LogP contribution in [0.15, 0.2) is 11.5 Å². The van der Waals surface area contributed by atoms with Crippen LogP contribution in [-0.2, 0) is 19.7 Å². The van der Waals surface area contributed by atoms with Crippen LogP contribution in [0.2, 0.25) is 0 Å². The van der Waals surface area contributed by atoms with E-state index in [1.807, 2.05) is 0 Å². The summed E-state index contributed by atoms with van der Waals surface area (Å²) in [7, 11) is -12.2. The Morgan fingerprint density at radius 1 is 0.882 bits per heavy atom. The average Bonchev–Trinajstić information content (AvgIpc) is 1.98. The van der Waals surface area contributed by atoms with Crippen LogP contribution in [0.4, 0.5) is 26.3 Å². The summed E-state index contributed by atoms with van der Waals surface area (Å²) in [6.07, 6.45) is 0. The van der Waals surface area contributed by atoms with Crippen molar-refractivity contribution in [2.45, 2.75) is 11.0 Å². The summed E-state index contributed by atoms with van der Waals surface area (Å²) in [5.74, 6) is -2.36. The lowest BCUT2D eigenvalue weighted by Gasteiger charge is -2.12. The third kappa shape index (κ3) is 3.34. The number of alkyl halides is 6. The first-order valence-electron chi connectivity index (χ1n) is 3.41. The minimum atomic E-state index is -6.14. The maximum Gasteiger partial charge on any atom is 0.501 e. The highest BCUT2D eigenvalue weighted by Crippen LogP contribution is 2.32. The maximum atomic E-state index is 11.8. The van der Waals surface area contributed by atoms with Gasteiger partial charge in [-0.1, -0.05) is 6.58 Å². The van der Waals surface area contributed by atoms with E-state index in [2.05, 4.69) is 6.58 Å². The van der Waals surface area contributed by atoms with Gasteiger partial charge in [0.25, 0.3) is 19.7 Å². The van der Waals surface area contributed by atoms with Gasteiger partial charge in [0.05, 0.1) is 10.7 Å². The van der Waals surface area contributed by atoms with E-state index in [-0.39, 0.29) is 0 Å². The normalized spacial score (nSPS) is 14.7. The van der Waals surface area contributed by atoms with Crippen LogP contribution >= 0.6 is 0 Å². The molecule has 0 saturated carbocycles. The van der Waals surface area contributed by atoms with Gasteiger partial charge in [-0.15, -0.1) is 0 Å². The highest BCUT2D eigenvalue weighted by atomic mass is 32.2. The molecule has 0 aliphatic heterocycles. The molecule has 0 aromatic rings. The monoisotopic (exact) mass is 306 g/mol. The molecule has 12 heteroatoms. The summed E-state index contributed by atoms with van der Waals surface area (Å²) in [6.45, 7) is 2.20. The molecule has 0 aromatic carbocycles. The van der Waals surface area contributed by atoms with E-state index in [1.54, 1.807) is 0 Å². The zero-order valence-electron chi connectivity index (χ0n) is 7.63. The zero-order chi connectivity index (χ0) is 14.3. The van der Waals surface area contributed by atoms with E-state index >= 15 is 0 Å². The maximum absolute atomic E-state index is 11.8. The molecule has 0 atom stereocenters. The van der Waals surface area contributed by atoms with Gasteiger partial charge >= 0.3 is 11.0 Å². The third-order valence-electron chi connectivity index (χ3n) is 1.39. The fourth-order valence-electron chi connectivity index (χ4n) is 0.535. The van der Waals surface area contributed by atoms with Crippen molar-refractivity contribution in [3.63, 3.8) is 0 Å². The van der Waals surface area contributed by atoms with Crippen LogP contribution in [0.5, 0.6) is 0 Å². The van der Waals surface area contributed by atoms with Crippen LogP contribution < -0.4 is 0 Å². The summed E-state index contributed by atoms with van der Waals surface area (Å²) in [6, 6.07) is 0. The van der Waals surface area contributed by atoms with Gasteiger partial charge in [-0.2, -0.15) is 26.3 Å². The van der Waals surface area contributed by atoms with E-state index < -0.39 is 41.3 Å². The van der Waals surface area contributed by atoms with Crippen molar-refractivity contribution in [1.29, 1.82) is 0 Å². The standard InChI is InChI=1S/C5H4F6O4S2/c1-3(17(14,15)5(9,10)11)2-16(12,13)4(6,7)8/h1-2H2. The molecule has 0 aliphatic rings. The Morgan fingerprint density at radius 2 is 1.24 bits per heavy atom. The zero-order valence-corrected chi connectivity index (χ0v) is 9.26. The first-order chi connectivity index (χ1) is 7.13. The molecule has 0 bridgehead atoms. The van der Waals surface area contributed by atoms with E-state index in [4.69, 9.17) is 0 Å². The number of halogens is 6. The molecule has 0 saturated heterocycles. The summed E-state index contributed by atoms with van der Waals surface area (Å²) in [5.41, 5.74) is -11.7. The van der Waals surface area contributed by atoms with Gasteiger partial charge in [-0.05, 0) is 0 Å². The largest absolute Gasteiger partial charge is 0.501 e. The molecule has 0 aromatic heterocycles. The van der Waals surface area contributed by atoms with Crippen LogP contribution in [0, 0.1) is 0 Å². The Morgan fingerprint density at radius 3 is 1.47 bits per heavy atom. The second kappa shape index (κ2) is 4.15. The molecular formula is C5H4F6O4S2. The lowest BCUT2D eigenvalue weighted by Crippen LogP contribution is -2.32. The van der Waals surface area contributed by atoms with Gasteiger partial charge in [0.15, 0.2) is 0 Å². The van der Waals surface area contributed by atoms with Crippen molar-refractivity contribution in [2.75, 3.05) is 5.75 Å². The molecule has 17 heavy (non-hydrogen) atoms.